The molecule has 1 saturated carbocycles. The van der Waals surface area contributed by atoms with Crippen molar-refractivity contribution in [1.29, 1.82) is 0 Å². The Kier molecular flexibility index (Phi) is 2.24. The van der Waals surface area contributed by atoms with E-state index in [4.69, 9.17) is 0 Å². The standard InChI is InChI=1S/C12H16N2O2/c15-11-5-8-6-13-9-3-1-2-4-10(9)14(8)7-12(11)16/h5,7,9-10,13,16H,1-4,6H2/t9-,10+/m0/s1. The smallest absolute Gasteiger partial charge is 0.223 e. The molecule has 0 spiro atoms. The second-order valence-corrected chi connectivity index (χ2v) is 4.76. The molecule has 1 aromatic heterocycles. The van der Waals surface area contributed by atoms with E-state index in [1.807, 2.05) is 0 Å². The van der Waals surface area contributed by atoms with Gasteiger partial charge >= 0.3 is 0 Å². The van der Waals surface area contributed by atoms with Crippen molar-refractivity contribution < 1.29 is 5.11 Å². The molecular formula is C12H16N2O2. The minimum atomic E-state index is -0.276. The van der Waals surface area contributed by atoms with Crippen LogP contribution in [0.2, 0.25) is 0 Å². The third-order valence-electron chi connectivity index (χ3n) is 3.78. The van der Waals surface area contributed by atoms with Gasteiger partial charge < -0.3 is 15.0 Å². The number of hydrogen-bond acceptors (Lipinski definition) is 3. The van der Waals surface area contributed by atoms with Crippen molar-refractivity contribution in [1.82, 2.24) is 9.88 Å². The highest BCUT2D eigenvalue weighted by molar-refractivity contribution is 5.23. The molecule has 1 aliphatic heterocycles. The molecule has 1 aromatic rings. The number of rotatable bonds is 0. The predicted octanol–water partition coefficient (Wildman–Crippen LogP) is 1.14. The van der Waals surface area contributed by atoms with Crippen molar-refractivity contribution in [2.75, 3.05) is 0 Å². The van der Waals surface area contributed by atoms with Gasteiger partial charge in [-0.15, -0.1) is 0 Å². The molecule has 2 atom stereocenters. The van der Waals surface area contributed by atoms with Crippen LogP contribution in [0.3, 0.4) is 0 Å². The summed E-state index contributed by atoms with van der Waals surface area (Å²) in [6.45, 7) is 0.733. The molecule has 4 nitrogen and oxygen atoms in total. The largest absolute Gasteiger partial charge is 0.503 e. The maximum absolute atomic E-state index is 11.4. The van der Waals surface area contributed by atoms with E-state index in [9.17, 15) is 9.90 Å². The van der Waals surface area contributed by atoms with Crippen molar-refractivity contribution in [3.05, 3.63) is 28.2 Å². The normalized spacial score (nSPS) is 28.2. The summed E-state index contributed by atoms with van der Waals surface area (Å²) >= 11 is 0. The Bertz CT molecular complexity index is 467. The summed E-state index contributed by atoms with van der Waals surface area (Å²) in [6.07, 6.45) is 6.44. The van der Waals surface area contributed by atoms with Crippen LogP contribution in [0.15, 0.2) is 17.1 Å². The summed E-state index contributed by atoms with van der Waals surface area (Å²) in [4.78, 5) is 11.4. The molecule has 0 radical (unpaired) electrons. The van der Waals surface area contributed by atoms with E-state index in [2.05, 4.69) is 9.88 Å². The fraction of sp³-hybridized carbons (Fsp3) is 0.583. The van der Waals surface area contributed by atoms with Crippen LogP contribution in [0, 0.1) is 0 Å². The summed E-state index contributed by atoms with van der Waals surface area (Å²) in [7, 11) is 0. The Morgan fingerprint density at radius 1 is 1.38 bits per heavy atom. The summed E-state index contributed by atoms with van der Waals surface area (Å²) in [5, 5.41) is 13.0. The maximum Gasteiger partial charge on any atom is 0.223 e. The zero-order valence-corrected chi connectivity index (χ0v) is 9.15. The van der Waals surface area contributed by atoms with Gasteiger partial charge in [0.15, 0.2) is 5.75 Å². The summed E-state index contributed by atoms with van der Waals surface area (Å²) in [6, 6.07) is 2.46. The van der Waals surface area contributed by atoms with Gasteiger partial charge in [0.25, 0.3) is 0 Å². The van der Waals surface area contributed by atoms with Gasteiger partial charge in [-0.1, -0.05) is 12.8 Å². The first-order chi connectivity index (χ1) is 7.75. The molecule has 1 fully saturated rings. The lowest BCUT2D eigenvalue weighted by atomic mass is 9.88. The van der Waals surface area contributed by atoms with Crippen LogP contribution in [0.5, 0.6) is 5.75 Å². The Labute approximate surface area is 93.9 Å². The SMILES string of the molecule is O=c1cc2n(cc1O)[C@@H]1CCCC[C@@H]1NC2. The number of hydrogen-bond donors (Lipinski definition) is 2. The fourth-order valence-electron chi connectivity index (χ4n) is 2.95. The lowest BCUT2D eigenvalue weighted by Crippen LogP contribution is -2.45. The van der Waals surface area contributed by atoms with Gasteiger partial charge in [-0.3, -0.25) is 4.79 Å². The molecule has 2 N–H and O–H groups in total. The van der Waals surface area contributed by atoms with E-state index in [-0.39, 0.29) is 11.2 Å². The first-order valence-corrected chi connectivity index (χ1v) is 5.93. The van der Waals surface area contributed by atoms with Crippen molar-refractivity contribution >= 4 is 0 Å². The minimum Gasteiger partial charge on any atom is -0.503 e. The van der Waals surface area contributed by atoms with Crippen LogP contribution in [0.1, 0.15) is 37.4 Å². The molecule has 2 aliphatic rings. The number of aromatic nitrogens is 1. The number of pyridine rings is 1. The van der Waals surface area contributed by atoms with Crippen LogP contribution < -0.4 is 10.7 Å². The Balaban J connectivity index is 2.07. The average Bonchev–Trinajstić information content (AvgIpc) is 2.31. The Morgan fingerprint density at radius 2 is 2.19 bits per heavy atom. The van der Waals surface area contributed by atoms with Gasteiger partial charge in [-0.25, -0.2) is 0 Å². The average molecular weight is 220 g/mol. The van der Waals surface area contributed by atoms with Gasteiger partial charge in [-0.05, 0) is 12.8 Å². The Hall–Kier alpha value is -1.29. The first-order valence-electron chi connectivity index (χ1n) is 5.93. The second kappa shape index (κ2) is 3.63. The van der Waals surface area contributed by atoms with Crippen LogP contribution in [0.25, 0.3) is 0 Å². The van der Waals surface area contributed by atoms with E-state index < -0.39 is 0 Å². The molecule has 0 amide bonds. The highest BCUT2D eigenvalue weighted by atomic mass is 16.3. The molecular weight excluding hydrogens is 204 g/mol. The van der Waals surface area contributed by atoms with Crippen LogP contribution >= 0.6 is 0 Å². The molecule has 0 bridgehead atoms. The highest BCUT2D eigenvalue weighted by Gasteiger charge is 2.30. The molecule has 1 aliphatic carbocycles. The predicted molar refractivity (Wildman–Crippen MR) is 60.5 cm³/mol. The minimum absolute atomic E-state index is 0.130. The Morgan fingerprint density at radius 3 is 3.06 bits per heavy atom. The number of nitrogens with one attached hydrogen (secondary N) is 1. The van der Waals surface area contributed by atoms with Crippen LogP contribution in [-0.2, 0) is 6.54 Å². The lowest BCUT2D eigenvalue weighted by molar-refractivity contribution is 0.226. The third-order valence-corrected chi connectivity index (χ3v) is 3.78. The van der Waals surface area contributed by atoms with Gasteiger partial charge in [0, 0.05) is 30.4 Å². The topological polar surface area (TPSA) is 54.3 Å². The van der Waals surface area contributed by atoms with Crippen molar-refractivity contribution in [2.24, 2.45) is 0 Å². The van der Waals surface area contributed by atoms with E-state index in [0.29, 0.717) is 12.1 Å². The first kappa shape index (κ1) is 9.90. The molecule has 86 valence electrons. The number of aromatic hydroxyl groups is 1. The molecule has 3 rings (SSSR count). The van der Waals surface area contributed by atoms with Gasteiger partial charge in [0.1, 0.15) is 0 Å². The molecule has 4 heteroatoms. The third kappa shape index (κ3) is 1.45. The highest BCUT2D eigenvalue weighted by Crippen LogP contribution is 2.32. The van der Waals surface area contributed by atoms with E-state index in [1.165, 1.54) is 19.3 Å². The van der Waals surface area contributed by atoms with Crippen molar-refractivity contribution in [2.45, 2.75) is 44.3 Å². The number of fused-ring (bicyclic) bond motifs is 3. The summed E-state index contributed by atoms with van der Waals surface area (Å²) < 4.78 is 2.09. The molecule has 0 aromatic carbocycles. The maximum atomic E-state index is 11.4. The van der Waals surface area contributed by atoms with Crippen molar-refractivity contribution in [3.63, 3.8) is 0 Å². The van der Waals surface area contributed by atoms with Gasteiger partial charge in [0.05, 0.1) is 6.20 Å². The molecule has 0 saturated heterocycles. The zero-order chi connectivity index (χ0) is 11.1. The van der Waals surface area contributed by atoms with E-state index >= 15 is 0 Å². The lowest BCUT2D eigenvalue weighted by Gasteiger charge is -2.39. The number of nitrogens with zero attached hydrogens (tertiary/aromatic N) is 1. The molecule has 16 heavy (non-hydrogen) atoms. The van der Waals surface area contributed by atoms with E-state index in [1.54, 1.807) is 12.3 Å². The van der Waals surface area contributed by atoms with Crippen LogP contribution in [0.4, 0.5) is 0 Å². The van der Waals surface area contributed by atoms with E-state index in [0.717, 1.165) is 18.7 Å². The monoisotopic (exact) mass is 220 g/mol. The van der Waals surface area contributed by atoms with Gasteiger partial charge in [-0.2, -0.15) is 0 Å². The van der Waals surface area contributed by atoms with Crippen molar-refractivity contribution in [3.8, 4) is 5.75 Å². The quantitative estimate of drug-likeness (QED) is 0.689. The second-order valence-electron chi connectivity index (χ2n) is 4.76. The van der Waals surface area contributed by atoms with Gasteiger partial charge in [0.2, 0.25) is 5.43 Å². The molecule has 2 heterocycles. The van der Waals surface area contributed by atoms with Crippen LogP contribution in [-0.4, -0.2) is 15.7 Å². The fourth-order valence-corrected chi connectivity index (χ4v) is 2.95. The summed E-state index contributed by atoms with van der Waals surface area (Å²) in [5.41, 5.74) is 0.716. The summed E-state index contributed by atoms with van der Waals surface area (Å²) in [5.74, 6) is -0.130. The zero-order valence-electron chi connectivity index (χ0n) is 9.15. The molecule has 0 unspecified atom stereocenters.